The van der Waals surface area contributed by atoms with Gasteiger partial charge in [-0.3, -0.25) is 4.79 Å². The molecule has 0 radical (unpaired) electrons. The smallest absolute Gasteiger partial charge is 0.271 e. The van der Waals surface area contributed by atoms with Gasteiger partial charge in [0.15, 0.2) is 0 Å². The van der Waals surface area contributed by atoms with Gasteiger partial charge in [-0.2, -0.15) is 0 Å². The molecule has 1 amide bonds. The Balaban J connectivity index is 1.72. The van der Waals surface area contributed by atoms with Gasteiger partial charge in [-0.1, -0.05) is 35.6 Å². The Morgan fingerprint density at radius 3 is 2.95 bits per heavy atom. The van der Waals surface area contributed by atoms with Crippen LogP contribution in [0.4, 0.5) is 0 Å². The molecule has 0 aliphatic rings. The predicted octanol–water partition coefficient (Wildman–Crippen LogP) is 2.92. The summed E-state index contributed by atoms with van der Waals surface area (Å²) in [6, 6.07) is 7.19. The van der Waals surface area contributed by atoms with Crippen molar-refractivity contribution in [1.82, 2.24) is 10.3 Å². The molecule has 21 heavy (non-hydrogen) atoms. The highest BCUT2D eigenvalue weighted by molar-refractivity contribution is 7.09. The highest BCUT2D eigenvalue weighted by atomic mass is 35.5. The standard InChI is InChI=1S/C15H13ClN2O2S/c1-11-18-13(10-21-11)15(19)17-8-4-5-9-20-14-7-3-2-6-12(14)16/h2-3,6-7,10H,8-9H2,1H3,(H,17,19). The number of carbonyl (C=O) groups excluding carboxylic acids is 1. The van der Waals surface area contributed by atoms with Crippen LogP contribution in [0.3, 0.4) is 0 Å². The molecule has 0 bridgehead atoms. The largest absolute Gasteiger partial charge is 0.479 e. The van der Waals surface area contributed by atoms with Crippen molar-refractivity contribution in [2.75, 3.05) is 13.2 Å². The number of para-hydroxylation sites is 1. The average Bonchev–Trinajstić information content (AvgIpc) is 2.91. The molecular weight excluding hydrogens is 308 g/mol. The van der Waals surface area contributed by atoms with E-state index in [0.29, 0.717) is 16.5 Å². The number of carbonyl (C=O) groups is 1. The van der Waals surface area contributed by atoms with E-state index in [-0.39, 0.29) is 19.1 Å². The fraction of sp³-hybridized carbons (Fsp3) is 0.200. The van der Waals surface area contributed by atoms with Crippen molar-refractivity contribution in [2.45, 2.75) is 6.92 Å². The number of nitrogens with one attached hydrogen (secondary N) is 1. The second kappa shape index (κ2) is 7.67. The summed E-state index contributed by atoms with van der Waals surface area (Å²) in [6.07, 6.45) is 0. The van der Waals surface area contributed by atoms with Crippen LogP contribution in [0.25, 0.3) is 0 Å². The molecule has 2 rings (SSSR count). The van der Waals surface area contributed by atoms with E-state index in [1.165, 1.54) is 11.3 Å². The maximum Gasteiger partial charge on any atom is 0.271 e. The van der Waals surface area contributed by atoms with Crippen LogP contribution in [0.2, 0.25) is 5.02 Å². The minimum atomic E-state index is -0.222. The lowest BCUT2D eigenvalue weighted by Gasteiger charge is -2.03. The van der Waals surface area contributed by atoms with Crippen molar-refractivity contribution in [3.63, 3.8) is 0 Å². The van der Waals surface area contributed by atoms with E-state index < -0.39 is 0 Å². The van der Waals surface area contributed by atoms with Gasteiger partial charge < -0.3 is 10.1 Å². The molecule has 108 valence electrons. The molecule has 0 atom stereocenters. The lowest BCUT2D eigenvalue weighted by Crippen LogP contribution is -2.23. The molecule has 0 aliphatic heterocycles. The molecule has 0 saturated heterocycles. The predicted molar refractivity (Wildman–Crippen MR) is 83.9 cm³/mol. The quantitative estimate of drug-likeness (QED) is 0.881. The second-order valence-corrected chi connectivity index (χ2v) is 5.48. The number of ether oxygens (including phenoxy) is 1. The van der Waals surface area contributed by atoms with Crippen LogP contribution in [0.15, 0.2) is 29.6 Å². The molecule has 4 nitrogen and oxygen atoms in total. The molecule has 1 N–H and O–H groups in total. The zero-order valence-corrected chi connectivity index (χ0v) is 12.9. The zero-order valence-electron chi connectivity index (χ0n) is 11.4. The highest BCUT2D eigenvalue weighted by Gasteiger charge is 2.07. The first-order valence-electron chi connectivity index (χ1n) is 6.20. The SMILES string of the molecule is Cc1nc(C(=O)NCC#CCOc2ccccc2Cl)cs1. The number of rotatable bonds is 4. The molecule has 0 unspecified atom stereocenters. The summed E-state index contributed by atoms with van der Waals surface area (Å²) in [7, 11) is 0. The third-order valence-corrected chi connectivity index (χ3v) is 3.54. The number of amides is 1. The number of halogens is 1. The van der Waals surface area contributed by atoms with Gasteiger partial charge in [-0.15, -0.1) is 11.3 Å². The molecule has 0 aliphatic carbocycles. The van der Waals surface area contributed by atoms with Crippen LogP contribution in [0.1, 0.15) is 15.5 Å². The van der Waals surface area contributed by atoms with Gasteiger partial charge in [0.2, 0.25) is 0 Å². The monoisotopic (exact) mass is 320 g/mol. The molecule has 0 saturated carbocycles. The van der Waals surface area contributed by atoms with Gasteiger partial charge in [0.05, 0.1) is 16.6 Å². The molecule has 2 aromatic rings. The summed E-state index contributed by atoms with van der Waals surface area (Å²) in [6.45, 7) is 2.32. The molecule has 1 heterocycles. The Morgan fingerprint density at radius 2 is 2.24 bits per heavy atom. The van der Waals surface area contributed by atoms with Crippen LogP contribution in [-0.4, -0.2) is 24.0 Å². The molecule has 6 heteroatoms. The van der Waals surface area contributed by atoms with Crippen molar-refractivity contribution in [3.8, 4) is 17.6 Å². The summed E-state index contributed by atoms with van der Waals surface area (Å²) in [4.78, 5) is 15.8. The topological polar surface area (TPSA) is 51.2 Å². The average molecular weight is 321 g/mol. The third kappa shape index (κ3) is 4.78. The van der Waals surface area contributed by atoms with E-state index in [2.05, 4.69) is 22.1 Å². The van der Waals surface area contributed by atoms with Crippen molar-refractivity contribution >= 4 is 28.8 Å². The minimum Gasteiger partial charge on any atom is -0.479 e. The maximum absolute atomic E-state index is 11.7. The van der Waals surface area contributed by atoms with E-state index in [9.17, 15) is 4.79 Å². The molecule has 0 spiro atoms. The van der Waals surface area contributed by atoms with Gasteiger partial charge in [-0.25, -0.2) is 4.98 Å². The molecule has 1 aromatic carbocycles. The van der Waals surface area contributed by atoms with Crippen LogP contribution >= 0.6 is 22.9 Å². The van der Waals surface area contributed by atoms with Gasteiger partial charge in [0.1, 0.15) is 18.1 Å². The Hall–Kier alpha value is -2.03. The van der Waals surface area contributed by atoms with Crippen LogP contribution in [0, 0.1) is 18.8 Å². The summed E-state index contributed by atoms with van der Waals surface area (Å²) in [5.41, 5.74) is 0.423. The zero-order chi connectivity index (χ0) is 15.1. The Kier molecular flexibility index (Phi) is 5.61. The molecule has 0 fully saturated rings. The number of aryl methyl sites for hydroxylation is 1. The Bertz CT molecular complexity index is 688. The van der Waals surface area contributed by atoms with Crippen molar-refractivity contribution < 1.29 is 9.53 Å². The van der Waals surface area contributed by atoms with Crippen LogP contribution < -0.4 is 10.1 Å². The number of benzene rings is 1. The second-order valence-electron chi connectivity index (χ2n) is 4.01. The fourth-order valence-electron chi connectivity index (χ4n) is 1.47. The van der Waals surface area contributed by atoms with Crippen molar-refractivity contribution in [1.29, 1.82) is 0 Å². The van der Waals surface area contributed by atoms with Gasteiger partial charge in [0.25, 0.3) is 5.91 Å². The molecule has 1 aromatic heterocycles. The van der Waals surface area contributed by atoms with E-state index in [4.69, 9.17) is 16.3 Å². The number of nitrogens with zero attached hydrogens (tertiary/aromatic N) is 1. The fourth-order valence-corrected chi connectivity index (χ4v) is 2.26. The third-order valence-electron chi connectivity index (χ3n) is 2.45. The number of aromatic nitrogens is 1. The van der Waals surface area contributed by atoms with E-state index in [0.717, 1.165) is 5.01 Å². The van der Waals surface area contributed by atoms with E-state index in [1.807, 2.05) is 19.1 Å². The van der Waals surface area contributed by atoms with Crippen LogP contribution in [0.5, 0.6) is 5.75 Å². The lowest BCUT2D eigenvalue weighted by atomic mass is 10.3. The first-order valence-corrected chi connectivity index (χ1v) is 7.46. The van der Waals surface area contributed by atoms with Crippen molar-refractivity contribution in [2.24, 2.45) is 0 Å². The van der Waals surface area contributed by atoms with E-state index >= 15 is 0 Å². The Labute approximate surface area is 132 Å². The maximum atomic E-state index is 11.7. The van der Waals surface area contributed by atoms with Crippen molar-refractivity contribution in [3.05, 3.63) is 45.4 Å². The summed E-state index contributed by atoms with van der Waals surface area (Å²) in [5, 5.41) is 5.80. The molecular formula is C15H13ClN2O2S. The summed E-state index contributed by atoms with van der Waals surface area (Å²) >= 11 is 7.38. The van der Waals surface area contributed by atoms with Gasteiger partial charge in [0, 0.05) is 5.38 Å². The summed E-state index contributed by atoms with van der Waals surface area (Å²) in [5.74, 6) is 5.99. The van der Waals surface area contributed by atoms with Crippen LogP contribution in [-0.2, 0) is 0 Å². The number of thiazole rings is 1. The van der Waals surface area contributed by atoms with Gasteiger partial charge in [-0.05, 0) is 19.1 Å². The van der Waals surface area contributed by atoms with E-state index in [1.54, 1.807) is 17.5 Å². The Morgan fingerprint density at radius 1 is 1.43 bits per heavy atom. The van der Waals surface area contributed by atoms with Gasteiger partial charge >= 0.3 is 0 Å². The first kappa shape index (κ1) is 15.4. The first-order chi connectivity index (χ1) is 10.2. The lowest BCUT2D eigenvalue weighted by molar-refractivity contribution is 0.0954. The number of hydrogen-bond acceptors (Lipinski definition) is 4. The summed E-state index contributed by atoms with van der Waals surface area (Å²) < 4.78 is 5.40. The highest BCUT2D eigenvalue weighted by Crippen LogP contribution is 2.22. The normalized spacial score (nSPS) is 9.62. The minimum absolute atomic E-state index is 0.218. The number of hydrogen-bond donors (Lipinski definition) is 1.